The molecule has 0 aliphatic carbocycles. The van der Waals surface area contributed by atoms with Gasteiger partial charge in [0.25, 0.3) is 0 Å². The fourth-order valence-corrected chi connectivity index (χ4v) is 1.75. The lowest BCUT2D eigenvalue weighted by molar-refractivity contribution is 0.361. The standard InChI is InChI=1S/C13H15FN2O/c1-2-13(10-3-5-11(14)6-4-10)15-9-12-7-8-16-17-12/h3-8,13,15H,2,9H2,1H3. The van der Waals surface area contributed by atoms with E-state index < -0.39 is 0 Å². The Morgan fingerprint density at radius 2 is 2.06 bits per heavy atom. The van der Waals surface area contributed by atoms with Crippen molar-refractivity contribution in [1.82, 2.24) is 10.5 Å². The lowest BCUT2D eigenvalue weighted by Gasteiger charge is -2.16. The maximum absolute atomic E-state index is 12.8. The Balaban J connectivity index is 1.99. The number of benzene rings is 1. The summed E-state index contributed by atoms with van der Waals surface area (Å²) in [5, 5.41) is 7.00. The lowest BCUT2D eigenvalue weighted by atomic mass is 10.0. The second-order valence-corrected chi connectivity index (χ2v) is 3.87. The summed E-state index contributed by atoms with van der Waals surface area (Å²) < 4.78 is 17.8. The molecule has 0 amide bonds. The highest BCUT2D eigenvalue weighted by Gasteiger charge is 2.09. The van der Waals surface area contributed by atoms with Crippen LogP contribution in [-0.4, -0.2) is 5.16 Å². The summed E-state index contributed by atoms with van der Waals surface area (Å²) in [6, 6.07) is 8.58. The quantitative estimate of drug-likeness (QED) is 0.864. The van der Waals surface area contributed by atoms with Gasteiger partial charge in [0.2, 0.25) is 0 Å². The van der Waals surface area contributed by atoms with Crippen LogP contribution >= 0.6 is 0 Å². The van der Waals surface area contributed by atoms with E-state index in [1.54, 1.807) is 18.3 Å². The van der Waals surface area contributed by atoms with Gasteiger partial charge in [-0.2, -0.15) is 0 Å². The molecule has 0 spiro atoms. The molecule has 1 atom stereocenters. The predicted octanol–water partition coefficient (Wildman–Crippen LogP) is 3.05. The Bertz CT molecular complexity index is 439. The second kappa shape index (κ2) is 5.59. The molecule has 2 rings (SSSR count). The van der Waals surface area contributed by atoms with Crippen molar-refractivity contribution >= 4 is 0 Å². The van der Waals surface area contributed by atoms with Crippen molar-refractivity contribution in [3.05, 3.63) is 53.7 Å². The van der Waals surface area contributed by atoms with E-state index in [1.165, 1.54) is 12.1 Å². The topological polar surface area (TPSA) is 38.1 Å². The molecule has 1 N–H and O–H groups in total. The molecule has 0 aliphatic heterocycles. The molecule has 0 fully saturated rings. The smallest absolute Gasteiger partial charge is 0.150 e. The van der Waals surface area contributed by atoms with Gasteiger partial charge < -0.3 is 9.84 Å². The van der Waals surface area contributed by atoms with Gasteiger partial charge in [-0.3, -0.25) is 0 Å². The molecule has 0 bridgehead atoms. The fourth-order valence-electron chi connectivity index (χ4n) is 1.75. The van der Waals surface area contributed by atoms with Gasteiger partial charge in [0.15, 0.2) is 0 Å². The maximum Gasteiger partial charge on any atom is 0.150 e. The summed E-state index contributed by atoms with van der Waals surface area (Å²) in [6.45, 7) is 2.71. The normalized spacial score (nSPS) is 12.6. The first-order chi connectivity index (χ1) is 8.29. The van der Waals surface area contributed by atoms with Crippen LogP contribution < -0.4 is 5.32 Å². The van der Waals surface area contributed by atoms with Gasteiger partial charge in [0, 0.05) is 12.1 Å². The van der Waals surface area contributed by atoms with Gasteiger partial charge in [0.05, 0.1) is 12.7 Å². The molecule has 1 aromatic carbocycles. The van der Waals surface area contributed by atoms with Crippen LogP contribution in [0.1, 0.15) is 30.7 Å². The number of hydrogen-bond donors (Lipinski definition) is 1. The molecule has 1 unspecified atom stereocenters. The SMILES string of the molecule is CCC(NCc1ccno1)c1ccc(F)cc1. The predicted molar refractivity (Wildman–Crippen MR) is 62.8 cm³/mol. The Morgan fingerprint density at radius 1 is 1.29 bits per heavy atom. The van der Waals surface area contributed by atoms with E-state index in [0.717, 1.165) is 17.7 Å². The minimum absolute atomic E-state index is 0.195. The van der Waals surface area contributed by atoms with Crippen molar-refractivity contribution in [2.45, 2.75) is 25.9 Å². The highest BCUT2D eigenvalue weighted by molar-refractivity contribution is 5.19. The Morgan fingerprint density at radius 3 is 2.65 bits per heavy atom. The number of rotatable bonds is 5. The van der Waals surface area contributed by atoms with Crippen LogP contribution in [-0.2, 0) is 6.54 Å². The largest absolute Gasteiger partial charge is 0.360 e. The van der Waals surface area contributed by atoms with Crippen LogP contribution in [0.25, 0.3) is 0 Å². The van der Waals surface area contributed by atoms with E-state index in [4.69, 9.17) is 4.52 Å². The summed E-state index contributed by atoms with van der Waals surface area (Å²) in [4.78, 5) is 0. The van der Waals surface area contributed by atoms with Gasteiger partial charge in [-0.25, -0.2) is 4.39 Å². The molecule has 0 radical (unpaired) electrons. The summed E-state index contributed by atoms with van der Waals surface area (Å²) in [5.74, 6) is 0.587. The van der Waals surface area contributed by atoms with E-state index in [-0.39, 0.29) is 11.9 Å². The molecule has 3 nitrogen and oxygen atoms in total. The molecule has 0 aliphatic rings. The minimum Gasteiger partial charge on any atom is -0.360 e. The Labute approximate surface area is 99.6 Å². The molecule has 90 valence electrons. The van der Waals surface area contributed by atoms with Crippen molar-refractivity contribution < 1.29 is 8.91 Å². The molecule has 1 heterocycles. The van der Waals surface area contributed by atoms with Crippen LogP contribution in [0, 0.1) is 5.82 Å². The van der Waals surface area contributed by atoms with Crippen LogP contribution in [0.4, 0.5) is 4.39 Å². The summed E-state index contributed by atoms with van der Waals surface area (Å²) >= 11 is 0. The Kier molecular flexibility index (Phi) is 3.88. The summed E-state index contributed by atoms with van der Waals surface area (Å²) in [5.41, 5.74) is 1.08. The maximum atomic E-state index is 12.8. The number of aromatic nitrogens is 1. The molecule has 0 saturated heterocycles. The van der Waals surface area contributed by atoms with Crippen LogP contribution in [0.3, 0.4) is 0 Å². The fraction of sp³-hybridized carbons (Fsp3) is 0.308. The lowest BCUT2D eigenvalue weighted by Crippen LogP contribution is -2.19. The van der Waals surface area contributed by atoms with Crippen molar-refractivity contribution in [1.29, 1.82) is 0 Å². The number of halogens is 1. The van der Waals surface area contributed by atoms with Crippen LogP contribution in [0.2, 0.25) is 0 Å². The third kappa shape index (κ3) is 3.14. The van der Waals surface area contributed by atoms with E-state index in [9.17, 15) is 4.39 Å². The van der Waals surface area contributed by atoms with Crippen molar-refractivity contribution in [3.8, 4) is 0 Å². The van der Waals surface area contributed by atoms with Crippen LogP contribution in [0.15, 0.2) is 41.1 Å². The van der Waals surface area contributed by atoms with Gasteiger partial charge in [-0.1, -0.05) is 24.2 Å². The Hall–Kier alpha value is -1.68. The molecule has 1 aromatic heterocycles. The van der Waals surface area contributed by atoms with Crippen molar-refractivity contribution in [2.75, 3.05) is 0 Å². The zero-order chi connectivity index (χ0) is 12.1. The minimum atomic E-state index is -0.209. The third-order valence-electron chi connectivity index (χ3n) is 2.69. The zero-order valence-corrected chi connectivity index (χ0v) is 9.69. The molecular formula is C13H15FN2O. The third-order valence-corrected chi connectivity index (χ3v) is 2.69. The molecule has 2 aromatic rings. The van der Waals surface area contributed by atoms with Gasteiger partial charge in [0.1, 0.15) is 11.6 Å². The van der Waals surface area contributed by atoms with Crippen molar-refractivity contribution in [3.63, 3.8) is 0 Å². The molecule has 17 heavy (non-hydrogen) atoms. The first-order valence-electron chi connectivity index (χ1n) is 5.68. The summed E-state index contributed by atoms with van der Waals surface area (Å²) in [6.07, 6.45) is 2.55. The zero-order valence-electron chi connectivity index (χ0n) is 9.69. The first-order valence-corrected chi connectivity index (χ1v) is 5.68. The molecular weight excluding hydrogens is 219 g/mol. The number of nitrogens with zero attached hydrogens (tertiary/aromatic N) is 1. The molecule has 0 saturated carbocycles. The van der Waals surface area contributed by atoms with Gasteiger partial charge in [-0.05, 0) is 24.1 Å². The van der Waals surface area contributed by atoms with E-state index in [0.29, 0.717) is 6.54 Å². The highest BCUT2D eigenvalue weighted by Crippen LogP contribution is 2.17. The number of nitrogens with one attached hydrogen (secondary N) is 1. The average molecular weight is 234 g/mol. The van der Waals surface area contributed by atoms with Crippen LogP contribution in [0.5, 0.6) is 0 Å². The monoisotopic (exact) mass is 234 g/mol. The second-order valence-electron chi connectivity index (χ2n) is 3.87. The van der Waals surface area contributed by atoms with E-state index in [2.05, 4.69) is 17.4 Å². The number of hydrogen-bond acceptors (Lipinski definition) is 3. The average Bonchev–Trinajstić information content (AvgIpc) is 2.85. The first kappa shape index (κ1) is 11.8. The summed E-state index contributed by atoms with van der Waals surface area (Å²) in [7, 11) is 0. The van der Waals surface area contributed by atoms with Crippen molar-refractivity contribution in [2.24, 2.45) is 0 Å². The molecule has 4 heteroatoms. The van der Waals surface area contributed by atoms with E-state index >= 15 is 0 Å². The van der Waals surface area contributed by atoms with Gasteiger partial charge in [-0.15, -0.1) is 0 Å². The van der Waals surface area contributed by atoms with E-state index in [1.807, 2.05) is 6.07 Å². The highest BCUT2D eigenvalue weighted by atomic mass is 19.1. The van der Waals surface area contributed by atoms with Gasteiger partial charge >= 0.3 is 0 Å².